The minimum absolute atomic E-state index is 0.00388. The molecule has 0 aliphatic heterocycles. The number of rotatable bonds is 5. The second kappa shape index (κ2) is 6.99. The molecule has 1 heterocycles. The smallest absolute Gasteiger partial charge is 0.311 e. The lowest BCUT2D eigenvalue weighted by molar-refractivity contribution is -0.142. The van der Waals surface area contributed by atoms with Crippen molar-refractivity contribution in [3.05, 3.63) is 27.5 Å². The van der Waals surface area contributed by atoms with Gasteiger partial charge in [0.2, 0.25) is 0 Å². The first-order valence-electron chi connectivity index (χ1n) is 5.17. The molecule has 1 aromatic rings. The molecule has 0 N–H and O–H groups in total. The van der Waals surface area contributed by atoms with Gasteiger partial charge in [-0.15, -0.1) is 11.6 Å². The summed E-state index contributed by atoms with van der Waals surface area (Å²) >= 11 is 8.68. The van der Waals surface area contributed by atoms with E-state index in [4.69, 9.17) is 16.3 Å². The number of nitrogens with zero attached hydrogens (tertiary/aromatic N) is 1. The van der Waals surface area contributed by atoms with Crippen LogP contribution in [0.5, 0.6) is 0 Å². The Bertz CT molecular complexity index is 443. The molecule has 0 aromatic carbocycles. The van der Waals surface area contributed by atoms with Crippen LogP contribution in [0.4, 0.5) is 8.78 Å². The maximum absolute atomic E-state index is 13.0. The molecule has 0 spiro atoms. The summed E-state index contributed by atoms with van der Waals surface area (Å²) in [6.07, 6.45) is -1.65. The molecule has 1 aromatic heterocycles. The Hall–Kier alpha value is -0.750. The first-order valence-corrected chi connectivity index (χ1v) is 6.49. The molecule has 0 saturated carbocycles. The van der Waals surface area contributed by atoms with E-state index in [-0.39, 0.29) is 34.6 Å². The van der Waals surface area contributed by atoms with E-state index >= 15 is 0 Å². The Labute approximate surface area is 117 Å². The minimum Gasteiger partial charge on any atom is -0.466 e. The van der Waals surface area contributed by atoms with Gasteiger partial charge in [-0.25, -0.2) is 8.78 Å². The molecule has 7 heteroatoms. The van der Waals surface area contributed by atoms with Gasteiger partial charge in [-0.2, -0.15) is 0 Å². The normalized spacial score (nSPS) is 10.8. The van der Waals surface area contributed by atoms with E-state index in [0.29, 0.717) is 5.56 Å². The molecule has 1 rings (SSSR count). The van der Waals surface area contributed by atoms with Crippen LogP contribution in [0.1, 0.15) is 30.2 Å². The number of ether oxygens (including phenoxy) is 1. The van der Waals surface area contributed by atoms with Crippen LogP contribution in [-0.2, 0) is 21.8 Å². The van der Waals surface area contributed by atoms with E-state index < -0.39 is 12.4 Å². The zero-order valence-corrected chi connectivity index (χ0v) is 11.9. The number of carbonyl (C=O) groups excluding carboxylic acids is 1. The highest BCUT2D eigenvalue weighted by Crippen LogP contribution is 2.33. The number of halogens is 4. The summed E-state index contributed by atoms with van der Waals surface area (Å²) in [6.45, 7) is 1.84. The highest BCUT2D eigenvalue weighted by atomic mass is 79.9. The molecule has 100 valence electrons. The van der Waals surface area contributed by atoms with E-state index in [9.17, 15) is 13.6 Å². The summed E-state index contributed by atoms with van der Waals surface area (Å²) in [6, 6.07) is 0. The average Bonchev–Trinajstić information content (AvgIpc) is 2.29. The SMILES string of the molecule is CCOC(=O)Cc1ncc(CCl)c(Br)c1C(F)F. The lowest BCUT2D eigenvalue weighted by atomic mass is 10.1. The van der Waals surface area contributed by atoms with Gasteiger partial charge in [-0.05, 0) is 28.4 Å². The van der Waals surface area contributed by atoms with Gasteiger partial charge >= 0.3 is 5.97 Å². The van der Waals surface area contributed by atoms with Gasteiger partial charge in [-0.3, -0.25) is 9.78 Å². The van der Waals surface area contributed by atoms with E-state index in [0.717, 1.165) is 0 Å². The van der Waals surface area contributed by atoms with Crippen LogP contribution in [0.3, 0.4) is 0 Å². The monoisotopic (exact) mass is 341 g/mol. The Kier molecular flexibility index (Phi) is 5.95. The number of hydrogen-bond acceptors (Lipinski definition) is 3. The molecular weight excluding hydrogens is 331 g/mol. The van der Waals surface area contributed by atoms with Crippen molar-refractivity contribution < 1.29 is 18.3 Å². The quantitative estimate of drug-likeness (QED) is 0.606. The molecule has 0 aliphatic carbocycles. The van der Waals surface area contributed by atoms with Crippen LogP contribution in [0, 0.1) is 0 Å². The lowest BCUT2D eigenvalue weighted by Gasteiger charge is -2.12. The van der Waals surface area contributed by atoms with Crippen LogP contribution < -0.4 is 0 Å². The van der Waals surface area contributed by atoms with Gasteiger partial charge < -0.3 is 4.74 Å². The summed E-state index contributed by atoms with van der Waals surface area (Å²) in [4.78, 5) is 15.2. The highest BCUT2D eigenvalue weighted by molar-refractivity contribution is 9.10. The summed E-state index contributed by atoms with van der Waals surface area (Å²) < 4.78 is 30.9. The first-order chi connectivity index (χ1) is 8.51. The largest absolute Gasteiger partial charge is 0.466 e. The van der Waals surface area contributed by atoms with Crippen molar-refractivity contribution in [1.82, 2.24) is 4.98 Å². The van der Waals surface area contributed by atoms with E-state index in [1.807, 2.05) is 0 Å². The zero-order valence-electron chi connectivity index (χ0n) is 9.55. The molecular formula is C11H11BrClF2NO2. The molecule has 0 atom stereocenters. The van der Waals surface area contributed by atoms with Crippen molar-refractivity contribution in [2.45, 2.75) is 25.7 Å². The van der Waals surface area contributed by atoms with Gasteiger partial charge in [0.25, 0.3) is 6.43 Å². The molecule has 0 unspecified atom stereocenters. The molecule has 0 radical (unpaired) electrons. The number of carbonyl (C=O) groups is 1. The van der Waals surface area contributed by atoms with Crippen molar-refractivity contribution >= 4 is 33.5 Å². The topological polar surface area (TPSA) is 39.2 Å². The number of hydrogen-bond donors (Lipinski definition) is 0. The van der Waals surface area contributed by atoms with Crippen LogP contribution >= 0.6 is 27.5 Å². The predicted octanol–water partition coefficient (Wildman–Crippen LogP) is 3.63. The van der Waals surface area contributed by atoms with Crippen LogP contribution in [0.15, 0.2) is 10.7 Å². The van der Waals surface area contributed by atoms with Gasteiger partial charge in [-0.1, -0.05) is 0 Å². The summed E-state index contributed by atoms with van der Waals surface area (Å²) in [5.74, 6) is -0.523. The van der Waals surface area contributed by atoms with Crippen molar-refractivity contribution in [2.75, 3.05) is 6.61 Å². The molecule has 0 saturated heterocycles. The summed E-state index contributed by atoms with van der Waals surface area (Å²) in [7, 11) is 0. The summed E-state index contributed by atoms with van der Waals surface area (Å²) in [5.41, 5.74) is 0.157. The van der Waals surface area contributed by atoms with Gasteiger partial charge in [0.15, 0.2) is 0 Å². The van der Waals surface area contributed by atoms with E-state index in [2.05, 4.69) is 20.9 Å². The number of alkyl halides is 3. The van der Waals surface area contributed by atoms with Gasteiger partial charge in [0.1, 0.15) is 0 Å². The fourth-order valence-electron chi connectivity index (χ4n) is 1.39. The second-order valence-electron chi connectivity index (χ2n) is 3.37. The van der Waals surface area contributed by atoms with Crippen LogP contribution in [-0.4, -0.2) is 17.6 Å². The zero-order chi connectivity index (χ0) is 13.7. The third kappa shape index (κ3) is 3.62. The maximum Gasteiger partial charge on any atom is 0.311 e. The predicted molar refractivity (Wildman–Crippen MR) is 66.8 cm³/mol. The third-order valence-corrected chi connectivity index (χ3v) is 3.41. The van der Waals surface area contributed by atoms with E-state index in [1.165, 1.54) is 6.20 Å². The Morgan fingerprint density at radius 3 is 2.78 bits per heavy atom. The fourth-order valence-corrected chi connectivity index (χ4v) is 2.39. The standard InChI is InChI=1S/C11H11BrClF2NO2/c1-2-18-8(17)3-7-9(11(14)15)10(12)6(4-13)5-16-7/h5,11H,2-4H2,1H3. The summed E-state index contributed by atoms with van der Waals surface area (Å²) in [5, 5.41) is 0. The van der Waals surface area contributed by atoms with E-state index in [1.54, 1.807) is 6.92 Å². The number of aromatic nitrogens is 1. The molecule has 0 fully saturated rings. The highest BCUT2D eigenvalue weighted by Gasteiger charge is 2.22. The molecule has 0 amide bonds. The Morgan fingerprint density at radius 1 is 1.61 bits per heavy atom. The van der Waals surface area contributed by atoms with Crippen molar-refractivity contribution in [2.24, 2.45) is 0 Å². The van der Waals surface area contributed by atoms with Crippen molar-refractivity contribution in [3.8, 4) is 0 Å². The van der Waals surface area contributed by atoms with Crippen molar-refractivity contribution in [3.63, 3.8) is 0 Å². The first kappa shape index (κ1) is 15.3. The van der Waals surface area contributed by atoms with Crippen LogP contribution in [0.25, 0.3) is 0 Å². The fraction of sp³-hybridized carbons (Fsp3) is 0.455. The average molecular weight is 343 g/mol. The Morgan fingerprint density at radius 2 is 2.28 bits per heavy atom. The number of pyridine rings is 1. The molecule has 18 heavy (non-hydrogen) atoms. The van der Waals surface area contributed by atoms with Crippen molar-refractivity contribution in [1.29, 1.82) is 0 Å². The molecule has 3 nitrogen and oxygen atoms in total. The van der Waals surface area contributed by atoms with Gasteiger partial charge in [0, 0.05) is 10.7 Å². The Balaban J connectivity index is 3.11. The molecule has 0 bridgehead atoms. The van der Waals surface area contributed by atoms with Gasteiger partial charge in [0.05, 0.1) is 30.2 Å². The molecule has 0 aliphatic rings. The number of esters is 1. The third-order valence-electron chi connectivity index (χ3n) is 2.18. The minimum atomic E-state index is -2.74. The second-order valence-corrected chi connectivity index (χ2v) is 4.43. The lowest BCUT2D eigenvalue weighted by Crippen LogP contribution is -2.12. The van der Waals surface area contributed by atoms with Crippen LogP contribution in [0.2, 0.25) is 0 Å². The maximum atomic E-state index is 13.0.